The third kappa shape index (κ3) is 3.16. The molecule has 0 aliphatic heterocycles. The minimum absolute atomic E-state index is 0.201. The second-order valence-electron chi connectivity index (χ2n) is 6.89. The summed E-state index contributed by atoms with van der Waals surface area (Å²) >= 11 is 1.40. The van der Waals surface area contributed by atoms with Crippen LogP contribution in [0.25, 0.3) is 11.1 Å². The van der Waals surface area contributed by atoms with Crippen LogP contribution in [0.15, 0.2) is 33.5 Å². The first kappa shape index (κ1) is 17.5. The molecule has 3 N–H and O–H groups in total. The molecule has 140 valence electrons. The number of hydrogen-bond donors (Lipinski definition) is 2. The van der Waals surface area contributed by atoms with Crippen LogP contribution in [0.5, 0.6) is 0 Å². The Bertz CT molecular complexity index is 1110. The van der Waals surface area contributed by atoms with Gasteiger partial charge in [-0.05, 0) is 42.9 Å². The minimum Gasteiger partial charge on any atom is -0.408 e. The maximum Gasteiger partial charge on any atom is 0.420 e. The predicted molar refractivity (Wildman–Crippen MR) is 103 cm³/mol. The second kappa shape index (κ2) is 6.70. The molecule has 2 heterocycles. The van der Waals surface area contributed by atoms with E-state index in [1.807, 2.05) is 0 Å². The van der Waals surface area contributed by atoms with Crippen LogP contribution in [0.1, 0.15) is 34.1 Å². The molecule has 0 saturated carbocycles. The van der Waals surface area contributed by atoms with Gasteiger partial charge >= 0.3 is 5.76 Å². The van der Waals surface area contributed by atoms with Crippen LogP contribution in [0, 0.1) is 5.92 Å². The van der Waals surface area contributed by atoms with Gasteiger partial charge in [0.1, 0.15) is 11.5 Å². The number of amides is 2. The second-order valence-corrected chi connectivity index (χ2v) is 8.00. The first-order valence-electron chi connectivity index (χ1n) is 8.76. The summed E-state index contributed by atoms with van der Waals surface area (Å²) in [6, 6.07) is 6.91. The van der Waals surface area contributed by atoms with Gasteiger partial charge in [0, 0.05) is 4.88 Å². The van der Waals surface area contributed by atoms with E-state index in [9.17, 15) is 14.4 Å². The zero-order valence-electron chi connectivity index (χ0n) is 14.8. The van der Waals surface area contributed by atoms with Crippen molar-refractivity contribution in [3.63, 3.8) is 0 Å². The van der Waals surface area contributed by atoms with Gasteiger partial charge in [0.2, 0.25) is 5.91 Å². The van der Waals surface area contributed by atoms with Crippen molar-refractivity contribution in [3.8, 4) is 0 Å². The Hall–Kier alpha value is -2.87. The summed E-state index contributed by atoms with van der Waals surface area (Å²) in [5.74, 6) is -1.00. The van der Waals surface area contributed by atoms with Crippen molar-refractivity contribution in [1.82, 2.24) is 4.57 Å². The van der Waals surface area contributed by atoms with E-state index in [4.69, 9.17) is 10.2 Å². The van der Waals surface area contributed by atoms with Crippen LogP contribution >= 0.6 is 11.3 Å². The van der Waals surface area contributed by atoms with E-state index in [0.717, 1.165) is 29.7 Å². The molecular weight excluding hydrogens is 366 g/mol. The normalized spacial score (nSPS) is 16.3. The molecule has 2 aromatic heterocycles. The fraction of sp³-hybridized carbons (Fsp3) is 0.316. The van der Waals surface area contributed by atoms with Gasteiger partial charge in [0.05, 0.1) is 11.1 Å². The van der Waals surface area contributed by atoms with Crippen molar-refractivity contribution >= 4 is 39.3 Å². The molecule has 0 saturated heterocycles. The van der Waals surface area contributed by atoms with E-state index < -0.39 is 17.6 Å². The molecule has 0 radical (unpaired) electrons. The minimum atomic E-state index is -0.597. The molecule has 8 heteroatoms. The zero-order chi connectivity index (χ0) is 19.1. The number of anilines is 1. The van der Waals surface area contributed by atoms with Gasteiger partial charge in [0.25, 0.3) is 5.91 Å². The molecule has 2 amide bonds. The largest absolute Gasteiger partial charge is 0.420 e. The number of nitrogens with one attached hydrogen (secondary N) is 1. The summed E-state index contributed by atoms with van der Waals surface area (Å²) in [5, 5.41) is 3.24. The average molecular weight is 385 g/mol. The summed E-state index contributed by atoms with van der Waals surface area (Å²) in [6.45, 7) is 1.97. The molecular formula is C19H19N3O4S. The van der Waals surface area contributed by atoms with Gasteiger partial charge in [-0.25, -0.2) is 4.79 Å². The first-order chi connectivity index (χ1) is 12.9. The first-order valence-corrected chi connectivity index (χ1v) is 9.58. The number of thiophene rings is 1. The van der Waals surface area contributed by atoms with Crippen molar-refractivity contribution in [1.29, 1.82) is 0 Å². The SMILES string of the molecule is CC1CCc2c(sc(NC(=O)Cn3c(=O)oc4ccccc43)c2C(N)=O)C1. The van der Waals surface area contributed by atoms with E-state index in [1.165, 1.54) is 15.9 Å². The third-order valence-corrected chi connectivity index (χ3v) is 6.06. The number of carbonyl (C=O) groups excluding carboxylic acids is 2. The Morgan fingerprint density at radius 1 is 1.37 bits per heavy atom. The van der Waals surface area contributed by atoms with Crippen LogP contribution in [-0.4, -0.2) is 16.4 Å². The van der Waals surface area contributed by atoms with Crippen molar-refractivity contribution in [3.05, 3.63) is 50.8 Å². The van der Waals surface area contributed by atoms with Gasteiger partial charge in [0.15, 0.2) is 5.58 Å². The number of benzene rings is 1. The smallest absolute Gasteiger partial charge is 0.408 e. The number of oxazole rings is 1. The van der Waals surface area contributed by atoms with Crippen LogP contribution in [0.4, 0.5) is 5.00 Å². The molecule has 27 heavy (non-hydrogen) atoms. The highest BCUT2D eigenvalue weighted by atomic mass is 32.1. The van der Waals surface area contributed by atoms with E-state index in [2.05, 4.69) is 12.2 Å². The van der Waals surface area contributed by atoms with E-state index in [1.54, 1.807) is 24.3 Å². The molecule has 1 unspecified atom stereocenters. The quantitative estimate of drug-likeness (QED) is 0.719. The van der Waals surface area contributed by atoms with Crippen molar-refractivity contribution in [2.75, 3.05) is 5.32 Å². The molecule has 0 bridgehead atoms. The van der Waals surface area contributed by atoms with Crippen molar-refractivity contribution < 1.29 is 14.0 Å². The summed E-state index contributed by atoms with van der Waals surface area (Å²) in [6.07, 6.45) is 2.66. The van der Waals surface area contributed by atoms with E-state index in [-0.39, 0.29) is 6.54 Å². The fourth-order valence-electron chi connectivity index (χ4n) is 3.57. The number of para-hydroxylation sites is 2. The van der Waals surface area contributed by atoms with Gasteiger partial charge < -0.3 is 15.5 Å². The number of nitrogens with two attached hydrogens (primary N) is 1. The number of hydrogen-bond acceptors (Lipinski definition) is 5. The molecule has 4 rings (SSSR count). The van der Waals surface area contributed by atoms with Gasteiger partial charge in [-0.2, -0.15) is 0 Å². The lowest BCUT2D eigenvalue weighted by Gasteiger charge is -2.18. The lowest BCUT2D eigenvalue weighted by molar-refractivity contribution is -0.116. The molecule has 3 aromatic rings. The number of nitrogens with zero attached hydrogens (tertiary/aromatic N) is 1. The molecule has 7 nitrogen and oxygen atoms in total. The molecule has 1 aliphatic carbocycles. The summed E-state index contributed by atoms with van der Waals surface area (Å²) in [7, 11) is 0. The Morgan fingerprint density at radius 3 is 2.93 bits per heavy atom. The predicted octanol–water partition coefficient (Wildman–Crippen LogP) is 2.52. The highest BCUT2D eigenvalue weighted by molar-refractivity contribution is 7.17. The number of primary amides is 1. The van der Waals surface area contributed by atoms with Crippen molar-refractivity contribution in [2.24, 2.45) is 11.7 Å². The Labute approximate surface area is 158 Å². The Kier molecular flexibility index (Phi) is 4.35. The lowest BCUT2D eigenvalue weighted by atomic mass is 9.88. The van der Waals surface area contributed by atoms with Crippen molar-refractivity contribution in [2.45, 2.75) is 32.7 Å². The summed E-state index contributed by atoms with van der Waals surface area (Å²) < 4.78 is 6.41. The maximum atomic E-state index is 12.6. The van der Waals surface area contributed by atoms with E-state index in [0.29, 0.717) is 27.6 Å². The van der Waals surface area contributed by atoms with E-state index >= 15 is 0 Å². The van der Waals surface area contributed by atoms with Crippen LogP contribution in [-0.2, 0) is 24.2 Å². The molecule has 0 spiro atoms. The number of carbonyl (C=O) groups is 2. The van der Waals surface area contributed by atoms with Crippen LogP contribution in [0.3, 0.4) is 0 Å². The summed E-state index contributed by atoms with van der Waals surface area (Å²) in [4.78, 5) is 37.7. The molecule has 1 aliphatic rings. The molecule has 1 aromatic carbocycles. The standard InChI is InChI=1S/C19H19N3O4S/c1-10-6-7-11-14(8-10)27-18(16(11)17(20)24)21-15(23)9-22-12-4-2-3-5-13(12)26-19(22)25/h2-5,10H,6-9H2,1H3,(H2,20,24)(H,21,23). The Morgan fingerprint density at radius 2 is 2.15 bits per heavy atom. The van der Waals surface area contributed by atoms with Crippen LogP contribution < -0.4 is 16.8 Å². The molecule has 1 atom stereocenters. The van der Waals surface area contributed by atoms with Crippen LogP contribution in [0.2, 0.25) is 0 Å². The van der Waals surface area contributed by atoms with Gasteiger partial charge in [-0.15, -0.1) is 11.3 Å². The fourth-order valence-corrected chi connectivity index (χ4v) is 5.01. The highest BCUT2D eigenvalue weighted by Gasteiger charge is 2.27. The molecule has 0 fully saturated rings. The average Bonchev–Trinajstić information content (AvgIpc) is 3.11. The monoisotopic (exact) mass is 385 g/mol. The maximum absolute atomic E-state index is 12.6. The topological polar surface area (TPSA) is 107 Å². The number of fused-ring (bicyclic) bond motifs is 2. The Balaban J connectivity index is 1.62. The zero-order valence-corrected chi connectivity index (χ0v) is 15.6. The number of rotatable bonds is 4. The third-order valence-electron chi connectivity index (χ3n) is 4.89. The number of aromatic nitrogens is 1. The van der Waals surface area contributed by atoms with Gasteiger partial charge in [-0.3, -0.25) is 14.2 Å². The van der Waals surface area contributed by atoms with Gasteiger partial charge in [-0.1, -0.05) is 19.1 Å². The lowest BCUT2D eigenvalue weighted by Crippen LogP contribution is -2.25. The summed E-state index contributed by atoms with van der Waals surface area (Å²) in [5.41, 5.74) is 7.90. The highest BCUT2D eigenvalue weighted by Crippen LogP contribution is 2.39.